The lowest BCUT2D eigenvalue weighted by Gasteiger charge is -2.27. The number of halogens is 1. The van der Waals surface area contributed by atoms with Crippen molar-refractivity contribution in [2.75, 3.05) is 11.9 Å². The second kappa shape index (κ2) is 4.09. The summed E-state index contributed by atoms with van der Waals surface area (Å²) in [5, 5.41) is 3.19. The smallest absolute Gasteiger partial charge is 0.143 e. The van der Waals surface area contributed by atoms with Crippen LogP contribution in [0.2, 0.25) is 0 Å². The van der Waals surface area contributed by atoms with Crippen molar-refractivity contribution in [1.82, 2.24) is 0 Å². The summed E-state index contributed by atoms with van der Waals surface area (Å²) in [5.74, 6) is 0.449. The second-order valence-corrected chi connectivity index (χ2v) is 4.04. The van der Waals surface area contributed by atoms with Gasteiger partial charge in [0.15, 0.2) is 0 Å². The van der Waals surface area contributed by atoms with Gasteiger partial charge < -0.3 is 10.1 Å². The molecule has 0 amide bonds. The minimum atomic E-state index is -0.252. The summed E-state index contributed by atoms with van der Waals surface area (Å²) < 4.78 is 18.9. The van der Waals surface area contributed by atoms with E-state index in [2.05, 4.69) is 5.32 Å². The third-order valence-corrected chi connectivity index (χ3v) is 2.86. The lowest BCUT2D eigenvalue weighted by molar-refractivity contribution is 0.210. The first-order valence-corrected chi connectivity index (χ1v) is 5.58. The molecule has 1 heterocycles. The first-order chi connectivity index (χ1) is 8.33. The number of fused-ring (bicyclic) bond motifs is 1. The zero-order valence-corrected chi connectivity index (χ0v) is 9.19. The summed E-state index contributed by atoms with van der Waals surface area (Å²) in [6.07, 6.45) is -0.0193. The van der Waals surface area contributed by atoms with Gasteiger partial charge in [-0.15, -0.1) is 0 Å². The highest BCUT2D eigenvalue weighted by Crippen LogP contribution is 2.34. The van der Waals surface area contributed by atoms with Crippen molar-refractivity contribution in [2.45, 2.75) is 6.10 Å². The lowest BCUT2D eigenvalue weighted by Crippen LogP contribution is -2.23. The van der Waals surface area contributed by atoms with Crippen molar-refractivity contribution in [3.8, 4) is 5.75 Å². The van der Waals surface area contributed by atoms with Crippen LogP contribution < -0.4 is 10.1 Å². The molecule has 86 valence electrons. The quantitative estimate of drug-likeness (QED) is 0.809. The number of nitrogens with one attached hydrogen (secondary N) is 1. The van der Waals surface area contributed by atoms with Gasteiger partial charge in [-0.1, -0.05) is 30.3 Å². The molecular formula is C14H12FNO. The van der Waals surface area contributed by atoms with Crippen molar-refractivity contribution in [3.63, 3.8) is 0 Å². The van der Waals surface area contributed by atoms with Crippen LogP contribution in [0.4, 0.5) is 10.1 Å². The molecule has 0 aliphatic carbocycles. The van der Waals surface area contributed by atoms with E-state index in [4.69, 9.17) is 4.74 Å². The van der Waals surface area contributed by atoms with E-state index in [0.29, 0.717) is 12.3 Å². The second-order valence-electron chi connectivity index (χ2n) is 4.04. The van der Waals surface area contributed by atoms with Gasteiger partial charge in [-0.2, -0.15) is 0 Å². The average Bonchev–Trinajstić information content (AvgIpc) is 2.39. The zero-order chi connectivity index (χ0) is 11.7. The highest BCUT2D eigenvalue weighted by Gasteiger charge is 2.20. The van der Waals surface area contributed by atoms with Crippen LogP contribution in [0.1, 0.15) is 11.7 Å². The van der Waals surface area contributed by atoms with Gasteiger partial charge >= 0.3 is 0 Å². The fourth-order valence-electron chi connectivity index (χ4n) is 1.99. The highest BCUT2D eigenvalue weighted by molar-refractivity contribution is 5.58. The van der Waals surface area contributed by atoms with Crippen molar-refractivity contribution < 1.29 is 9.13 Å². The number of benzene rings is 2. The minimum Gasteiger partial charge on any atom is -0.482 e. The summed E-state index contributed by atoms with van der Waals surface area (Å²) in [4.78, 5) is 0. The molecule has 0 radical (unpaired) electrons. The van der Waals surface area contributed by atoms with Crippen molar-refractivity contribution >= 4 is 5.69 Å². The molecule has 1 N–H and O–H groups in total. The van der Waals surface area contributed by atoms with E-state index in [-0.39, 0.29) is 11.9 Å². The maximum atomic E-state index is 13.0. The highest BCUT2D eigenvalue weighted by atomic mass is 19.1. The van der Waals surface area contributed by atoms with Gasteiger partial charge in [0.1, 0.15) is 17.7 Å². The number of hydrogen-bond acceptors (Lipinski definition) is 2. The number of ether oxygens (including phenoxy) is 1. The van der Waals surface area contributed by atoms with E-state index in [9.17, 15) is 4.39 Å². The number of hydrogen-bond donors (Lipinski definition) is 1. The Balaban J connectivity index is 1.88. The molecule has 1 unspecified atom stereocenters. The first kappa shape index (κ1) is 10.1. The Bertz CT molecular complexity index is 527. The van der Waals surface area contributed by atoms with Gasteiger partial charge in [-0.25, -0.2) is 4.39 Å². The molecule has 1 atom stereocenters. The molecule has 0 bridgehead atoms. The summed E-state index contributed by atoms with van der Waals surface area (Å²) in [6, 6.07) is 14.5. The van der Waals surface area contributed by atoms with Gasteiger partial charge in [-0.3, -0.25) is 0 Å². The van der Waals surface area contributed by atoms with Crippen molar-refractivity contribution in [2.24, 2.45) is 0 Å². The largest absolute Gasteiger partial charge is 0.482 e. The van der Waals surface area contributed by atoms with E-state index in [0.717, 1.165) is 11.3 Å². The zero-order valence-electron chi connectivity index (χ0n) is 9.19. The van der Waals surface area contributed by atoms with E-state index in [1.165, 1.54) is 12.1 Å². The molecule has 17 heavy (non-hydrogen) atoms. The summed E-state index contributed by atoms with van der Waals surface area (Å²) in [5.41, 5.74) is 1.84. The molecule has 0 saturated heterocycles. The van der Waals surface area contributed by atoms with Crippen LogP contribution in [-0.2, 0) is 0 Å². The van der Waals surface area contributed by atoms with Crippen LogP contribution >= 0.6 is 0 Å². The third-order valence-electron chi connectivity index (χ3n) is 2.86. The van der Waals surface area contributed by atoms with Crippen molar-refractivity contribution in [3.05, 3.63) is 59.9 Å². The molecule has 1 aliphatic heterocycles. The summed E-state index contributed by atoms with van der Waals surface area (Å²) >= 11 is 0. The Kier molecular flexibility index (Phi) is 2.44. The normalized spacial score (nSPS) is 17.8. The molecule has 1 aliphatic rings. The molecule has 2 aromatic rings. The Morgan fingerprint density at radius 2 is 1.94 bits per heavy atom. The van der Waals surface area contributed by atoms with Crippen LogP contribution in [0.25, 0.3) is 0 Å². The van der Waals surface area contributed by atoms with Crippen LogP contribution in [0.5, 0.6) is 5.75 Å². The maximum absolute atomic E-state index is 13.0. The average molecular weight is 229 g/mol. The third kappa shape index (κ3) is 1.96. The van der Waals surface area contributed by atoms with E-state index in [1.54, 1.807) is 6.07 Å². The van der Waals surface area contributed by atoms with Gasteiger partial charge in [-0.05, 0) is 17.7 Å². The fraction of sp³-hybridized carbons (Fsp3) is 0.143. The molecule has 2 nitrogen and oxygen atoms in total. The minimum absolute atomic E-state index is 0.0193. The van der Waals surface area contributed by atoms with Gasteiger partial charge in [0, 0.05) is 6.07 Å². The molecule has 0 aromatic heterocycles. The Morgan fingerprint density at radius 1 is 1.12 bits per heavy atom. The van der Waals surface area contributed by atoms with Gasteiger partial charge in [0.25, 0.3) is 0 Å². The monoisotopic (exact) mass is 229 g/mol. The van der Waals surface area contributed by atoms with Gasteiger partial charge in [0.05, 0.1) is 12.2 Å². The topological polar surface area (TPSA) is 21.3 Å². The van der Waals surface area contributed by atoms with Crippen LogP contribution in [0.3, 0.4) is 0 Å². The standard InChI is InChI=1S/C14H12FNO/c15-11-6-7-13-12(8-11)16-9-14(17-13)10-4-2-1-3-5-10/h1-8,14,16H,9H2. The van der Waals surface area contributed by atoms with Crippen LogP contribution in [0.15, 0.2) is 48.5 Å². The predicted molar refractivity (Wildman–Crippen MR) is 64.7 cm³/mol. The van der Waals surface area contributed by atoms with Crippen LogP contribution in [0, 0.1) is 5.82 Å². The molecule has 3 heteroatoms. The van der Waals surface area contributed by atoms with Crippen LogP contribution in [-0.4, -0.2) is 6.54 Å². The molecule has 0 saturated carbocycles. The van der Waals surface area contributed by atoms with E-state index < -0.39 is 0 Å². The van der Waals surface area contributed by atoms with Crippen molar-refractivity contribution in [1.29, 1.82) is 0 Å². The maximum Gasteiger partial charge on any atom is 0.143 e. The molecule has 2 aromatic carbocycles. The molecule has 0 fully saturated rings. The van der Waals surface area contributed by atoms with Gasteiger partial charge in [0.2, 0.25) is 0 Å². The van der Waals surface area contributed by atoms with E-state index in [1.807, 2.05) is 30.3 Å². The molecular weight excluding hydrogens is 217 g/mol. The summed E-state index contributed by atoms with van der Waals surface area (Å²) in [6.45, 7) is 0.653. The fourth-order valence-corrected chi connectivity index (χ4v) is 1.99. The first-order valence-electron chi connectivity index (χ1n) is 5.58. The number of anilines is 1. The van der Waals surface area contributed by atoms with E-state index >= 15 is 0 Å². The predicted octanol–water partition coefficient (Wildman–Crippen LogP) is 3.37. The Morgan fingerprint density at radius 3 is 2.76 bits per heavy atom. The lowest BCUT2D eigenvalue weighted by atomic mass is 10.1. The summed E-state index contributed by atoms with van der Waals surface area (Å²) in [7, 11) is 0. The Labute approximate surface area is 99.0 Å². The number of rotatable bonds is 1. The SMILES string of the molecule is Fc1ccc2c(c1)NCC(c1ccccc1)O2. The molecule has 3 rings (SSSR count). The Hall–Kier alpha value is -2.03. The molecule has 0 spiro atoms.